The number of thiophene rings is 1. The summed E-state index contributed by atoms with van der Waals surface area (Å²) in [4.78, 5) is 12.1. The van der Waals surface area contributed by atoms with E-state index in [0.717, 1.165) is 9.35 Å². The molecule has 0 aromatic carbocycles. The number of halogens is 2. The summed E-state index contributed by atoms with van der Waals surface area (Å²) in [6, 6.07) is 1.41. The molecule has 0 spiro atoms. The van der Waals surface area contributed by atoms with Crippen LogP contribution < -0.4 is 5.32 Å². The first-order valence-electron chi connectivity index (χ1n) is 5.30. The Hall–Kier alpha value is -0.100. The third-order valence-electron chi connectivity index (χ3n) is 2.22. The van der Waals surface area contributed by atoms with Gasteiger partial charge in [-0.15, -0.1) is 11.3 Å². The van der Waals surface area contributed by atoms with Crippen molar-refractivity contribution in [1.29, 1.82) is 0 Å². The average molecular weight is 341 g/mol. The number of hydrogen-bond acceptors (Lipinski definition) is 3. The molecule has 1 atom stereocenters. The van der Waals surface area contributed by atoms with Gasteiger partial charge in [0, 0.05) is 15.9 Å². The van der Waals surface area contributed by atoms with Crippen LogP contribution >= 0.6 is 38.9 Å². The fraction of sp³-hybridized carbons (Fsp3) is 0.545. The van der Waals surface area contributed by atoms with Crippen LogP contribution in [0.5, 0.6) is 0 Å². The Morgan fingerprint density at radius 1 is 1.65 bits per heavy atom. The van der Waals surface area contributed by atoms with E-state index in [1.165, 1.54) is 11.3 Å². The Kier molecular flexibility index (Phi) is 5.92. The predicted octanol–water partition coefficient (Wildman–Crippen LogP) is 3.75. The van der Waals surface area contributed by atoms with E-state index in [9.17, 15) is 4.79 Å². The Morgan fingerprint density at radius 2 is 2.29 bits per heavy atom. The van der Waals surface area contributed by atoms with Crippen LogP contribution in [0, 0.1) is 5.92 Å². The van der Waals surface area contributed by atoms with E-state index in [1.54, 1.807) is 0 Å². The molecule has 0 radical (unpaired) electrons. The smallest absolute Gasteiger partial charge is 0.320 e. The summed E-state index contributed by atoms with van der Waals surface area (Å²) in [5.74, 6) is -0.456. The van der Waals surface area contributed by atoms with Crippen LogP contribution in [0.4, 0.5) is 0 Å². The first-order valence-corrected chi connectivity index (χ1v) is 7.28. The van der Waals surface area contributed by atoms with Crippen LogP contribution in [0.1, 0.15) is 25.1 Å². The number of rotatable bonds is 6. The molecule has 0 fully saturated rings. The van der Waals surface area contributed by atoms with E-state index < -0.39 is 12.0 Å². The first kappa shape index (κ1) is 15.0. The van der Waals surface area contributed by atoms with Gasteiger partial charge in [-0.1, -0.05) is 25.4 Å². The molecule has 0 saturated carbocycles. The Bertz CT molecular complexity index is 375. The van der Waals surface area contributed by atoms with Crippen LogP contribution in [0.2, 0.25) is 4.34 Å². The highest BCUT2D eigenvalue weighted by Crippen LogP contribution is 2.31. The molecule has 1 heterocycles. The second-order valence-corrected chi connectivity index (χ2v) is 6.83. The molecular formula is C11H15BrClNO2S. The van der Waals surface area contributed by atoms with E-state index >= 15 is 0 Å². The summed E-state index contributed by atoms with van der Waals surface area (Å²) in [6.07, 6.45) is 0.621. The first-order chi connectivity index (χ1) is 7.90. The maximum atomic E-state index is 11.0. The monoisotopic (exact) mass is 339 g/mol. The van der Waals surface area contributed by atoms with E-state index in [4.69, 9.17) is 16.7 Å². The van der Waals surface area contributed by atoms with Gasteiger partial charge in [-0.25, -0.2) is 0 Å². The summed E-state index contributed by atoms with van der Waals surface area (Å²) in [6.45, 7) is 4.55. The van der Waals surface area contributed by atoms with E-state index in [0.29, 0.717) is 23.2 Å². The molecule has 17 heavy (non-hydrogen) atoms. The predicted molar refractivity (Wildman–Crippen MR) is 74.7 cm³/mol. The standard InChI is InChI=1S/C11H15BrClNO2S/c1-6(2)3-9(11(15)16)14-5-7-4-8(12)10(13)17-7/h4,6,9,14H,3,5H2,1-2H3,(H,15,16)/t9-/m0/s1. The largest absolute Gasteiger partial charge is 0.480 e. The van der Waals surface area contributed by atoms with E-state index in [2.05, 4.69) is 21.2 Å². The molecule has 1 aromatic heterocycles. The molecule has 0 saturated heterocycles. The maximum absolute atomic E-state index is 11.0. The quantitative estimate of drug-likeness (QED) is 0.829. The van der Waals surface area contributed by atoms with Crippen molar-refractivity contribution in [3.05, 3.63) is 19.8 Å². The van der Waals surface area contributed by atoms with E-state index in [1.807, 2.05) is 19.9 Å². The van der Waals surface area contributed by atoms with Gasteiger partial charge in [0.15, 0.2) is 0 Å². The van der Waals surface area contributed by atoms with Gasteiger partial charge in [-0.3, -0.25) is 10.1 Å². The molecule has 1 rings (SSSR count). The molecule has 0 bridgehead atoms. The SMILES string of the molecule is CC(C)C[C@H](NCc1cc(Br)c(Cl)s1)C(=O)O. The number of carboxylic acids is 1. The third-order valence-corrected chi connectivity index (χ3v) is 4.70. The van der Waals surface area contributed by atoms with Crippen LogP contribution in [0.3, 0.4) is 0 Å². The van der Waals surface area contributed by atoms with Crippen molar-refractivity contribution in [3.63, 3.8) is 0 Å². The summed E-state index contributed by atoms with van der Waals surface area (Å²) >= 11 is 10.7. The highest BCUT2D eigenvalue weighted by molar-refractivity contribution is 9.10. The van der Waals surface area contributed by atoms with Crippen LogP contribution in [0.25, 0.3) is 0 Å². The molecule has 96 valence electrons. The summed E-state index contributed by atoms with van der Waals surface area (Å²) in [5.41, 5.74) is 0. The Balaban J connectivity index is 2.54. The lowest BCUT2D eigenvalue weighted by molar-refractivity contribution is -0.139. The van der Waals surface area contributed by atoms with Gasteiger partial charge in [-0.05, 0) is 34.3 Å². The minimum Gasteiger partial charge on any atom is -0.480 e. The summed E-state index contributed by atoms with van der Waals surface area (Å²) in [7, 11) is 0. The molecule has 0 unspecified atom stereocenters. The van der Waals surface area contributed by atoms with Crippen molar-refractivity contribution in [1.82, 2.24) is 5.32 Å². The number of carboxylic acid groups (broad SMARTS) is 1. The zero-order valence-electron chi connectivity index (χ0n) is 9.67. The molecule has 3 nitrogen and oxygen atoms in total. The topological polar surface area (TPSA) is 49.3 Å². The van der Waals surface area contributed by atoms with Crippen molar-refractivity contribution in [3.8, 4) is 0 Å². The second kappa shape index (κ2) is 6.73. The Morgan fingerprint density at radius 3 is 2.71 bits per heavy atom. The molecule has 0 amide bonds. The molecule has 2 N–H and O–H groups in total. The second-order valence-electron chi connectivity index (χ2n) is 4.24. The number of hydrogen-bond donors (Lipinski definition) is 2. The van der Waals surface area contributed by atoms with Gasteiger partial charge in [0.25, 0.3) is 0 Å². The minimum atomic E-state index is -0.805. The van der Waals surface area contributed by atoms with Gasteiger partial charge in [0.05, 0.1) is 0 Å². The van der Waals surface area contributed by atoms with E-state index in [-0.39, 0.29) is 0 Å². The number of aliphatic carboxylic acids is 1. The zero-order chi connectivity index (χ0) is 13.0. The van der Waals surface area contributed by atoms with Crippen LogP contribution in [0.15, 0.2) is 10.5 Å². The van der Waals surface area contributed by atoms with Crippen LogP contribution in [-0.4, -0.2) is 17.1 Å². The zero-order valence-corrected chi connectivity index (χ0v) is 12.8. The molecular weight excluding hydrogens is 326 g/mol. The molecule has 0 aliphatic rings. The van der Waals surface area contributed by atoms with Crippen molar-refractivity contribution < 1.29 is 9.90 Å². The van der Waals surface area contributed by atoms with Gasteiger partial charge >= 0.3 is 5.97 Å². The van der Waals surface area contributed by atoms with Crippen molar-refractivity contribution in [2.75, 3.05) is 0 Å². The van der Waals surface area contributed by atoms with Crippen LogP contribution in [-0.2, 0) is 11.3 Å². The maximum Gasteiger partial charge on any atom is 0.320 e. The Labute approximate surface area is 118 Å². The van der Waals surface area contributed by atoms with Gasteiger partial charge in [-0.2, -0.15) is 0 Å². The molecule has 0 aliphatic heterocycles. The molecule has 0 aliphatic carbocycles. The number of nitrogens with one attached hydrogen (secondary N) is 1. The normalized spacial score (nSPS) is 13.0. The lowest BCUT2D eigenvalue weighted by Gasteiger charge is -2.15. The lowest BCUT2D eigenvalue weighted by atomic mass is 10.0. The third kappa shape index (κ3) is 4.95. The van der Waals surface area contributed by atoms with Gasteiger partial charge < -0.3 is 5.11 Å². The van der Waals surface area contributed by atoms with Gasteiger partial charge in [0.2, 0.25) is 0 Å². The summed E-state index contributed by atoms with van der Waals surface area (Å²) < 4.78 is 1.55. The highest BCUT2D eigenvalue weighted by atomic mass is 79.9. The fourth-order valence-corrected chi connectivity index (χ4v) is 3.19. The summed E-state index contributed by atoms with van der Waals surface area (Å²) in [5, 5.41) is 12.1. The average Bonchev–Trinajstić information content (AvgIpc) is 2.52. The minimum absolute atomic E-state index is 0.349. The van der Waals surface area contributed by atoms with Crippen molar-refractivity contribution in [2.24, 2.45) is 5.92 Å². The fourth-order valence-electron chi connectivity index (χ4n) is 1.45. The molecule has 1 aromatic rings. The number of carbonyl (C=O) groups is 1. The lowest BCUT2D eigenvalue weighted by Crippen LogP contribution is -2.37. The van der Waals surface area contributed by atoms with Crippen molar-refractivity contribution >= 4 is 44.8 Å². The molecule has 6 heteroatoms. The van der Waals surface area contributed by atoms with Gasteiger partial charge in [0.1, 0.15) is 10.4 Å². The highest BCUT2D eigenvalue weighted by Gasteiger charge is 2.18. The van der Waals surface area contributed by atoms with Crippen molar-refractivity contribution in [2.45, 2.75) is 32.9 Å².